The van der Waals surface area contributed by atoms with Crippen molar-refractivity contribution in [3.05, 3.63) is 70.9 Å². The summed E-state index contributed by atoms with van der Waals surface area (Å²) < 4.78 is 38.0. The zero-order valence-corrected chi connectivity index (χ0v) is 15.4. The van der Waals surface area contributed by atoms with Gasteiger partial charge in [-0.3, -0.25) is 4.79 Å². The van der Waals surface area contributed by atoms with E-state index in [4.69, 9.17) is 11.6 Å². The Morgan fingerprint density at radius 2 is 1.85 bits per heavy atom. The Morgan fingerprint density at radius 1 is 1.11 bits per heavy atom. The van der Waals surface area contributed by atoms with E-state index in [0.29, 0.717) is 11.3 Å². The normalized spacial score (nSPS) is 11.3. The van der Waals surface area contributed by atoms with Crippen molar-refractivity contribution in [1.82, 2.24) is 4.98 Å². The Hall–Kier alpha value is -2.73. The maximum Gasteiger partial charge on any atom is 0.417 e. The smallest absolute Gasteiger partial charge is 0.361 e. The quantitative estimate of drug-likeness (QED) is 0.488. The first-order chi connectivity index (χ1) is 12.8. The lowest BCUT2D eigenvalue weighted by Gasteiger charge is -2.09. The van der Waals surface area contributed by atoms with Gasteiger partial charge in [0.1, 0.15) is 0 Å². The van der Waals surface area contributed by atoms with Crippen LogP contribution in [0.15, 0.2) is 54.7 Å². The lowest BCUT2D eigenvalue weighted by atomic mass is 10.1. The Morgan fingerprint density at radius 3 is 2.52 bits per heavy atom. The number of benzene rings is 2. The highest BCUT2D eigenvalue weighted by molar-refractivity contribution is 6.31. The van der Waals surface area contributed by atoms with Crippen molar-refractivity contribution in [2.75, 3.05) is 5.32 Å². The molecule has 0 bridgehead atoms. The SMILES string of the molecule is CC.O=C(/C=C/c1ccc(C(F)(F)F)c(Cl)c1)Nc1ccc2cc[nH]c2c1. The first-order valence-corrected chi connectivity index (χ1v) is 8.64. The number of amides is 1. The first kappa shape index (κ1) is 20.6. The number of aromatic nitrogens is 1. The fourth-order valence-electron chi connectivity index (χ4n) is 2.35. The van der Waals surface area contributed by atoms with E-state index in [0.717, 1.165) is 17.0 Å². The number of H-pyrrole nitrogens is 1. The fraction of sp³-hybridized carbons (Fsp3) is 0.150. The molecule has 3 aromatic rings. The van der Waals surface area contributed by atoms with Crippen LogP contribution in [0.4, 0.5) is 18.9 Å². The maximum absolute atomic E-state index is 12.7. The van der Waals surface area contributed by atoms with Crippen LogP contribution in [-0.2, 0) is 11.0 Å². The lowest BCUT2D eigenvalue weighted by Crippen LogP contribution is -2.07. The number of fused-ring (bicyclic) bond motifs is 1. The molecule has 0 spiro atoms. The number of hydrogen-bond donors (Lipinski definition) is 2. The van der Waals surface area contributed by atoms with E-state index in [1.165, 1.54) is 24.3 Å². The Balaban J connectivity index is 0.00000126. The highest BCUT2D eigenvalue weighted by Crippen LogP contribution is 2.35. The Bertz CT molecular complexity index is 961. The first-order valence-electron chi connectivity index (χ1n) is 8.26. The van der Waals surface area contributed by atoms with E-state index >= 15 is 0 Å². The molecule has 0 aliphatic carbocycles. The highest BCUT2D eigenvalue weighted by Gasteiger charge is 2.32. The van der Waals surface area contributed by atoms with Gasteiger partial charge in [-0.1, -0.05) is 37.6 Å². The Labute approximate surface area is 159 Å². The number of hydrogen-bond acceptors (Lipinski definition) is 1. The van der Waals surface area contributed by atoms with Crippen molar-refractivity contribution in [3.63, 3.8) is 0 Å². The topological polar surface area (TPSA) is 44.9 Å². The molecular weight excluding hydrogens is 377 g/mol. The van der Waals surface area contributed by atoms with Crippen LogP contribution in [0.25, 0.3) is 17.0 Å². The van der Waals surface area contributed by atoms with Crippen molar-refractivity contribution in [3.8, 4) is 0 Å². The largest absolute Gasteiger partial charge is 0.417 e. The van der Waals surface area contributed by atoms with Gasteiger partial charge in [0.15, 0.2) is 0 Å². The molecule has 27 heavy (non-hydrogen) atoms. The van der Waals surface area contributed by atoms with Gasteiger partial charge in [-0.2, -0.15) is 13.2 Å². The summed E-state index contributed by atoms with van der Waals surface area (Å²) in [4.78, 5) is 15.0. The maximum atomic E-state index is 12.7. The molecule has 0 atom stereocenters. The molecule has 0 radical (unpaired) electrons. The molecule has 1 aromatic heterocycles. The van der Waals surface area contributed by atoms with Gasteiger partial charge in [0.2, 0.25) is 5.91 Å². The molecule has 142 valence electrons. The van der Waals surface area contributed by atoms with Gasteiger partial charge in [-0.15, -0.1) is 0 Å². The van der Waals surface area contributed by atoms with Crippen LogP contribution in [0.2, 0.25) is 5.02 Å². The third-order valence-electron chi connectivity index (χ3n) is 3.55. The summed E-state index contributed by atoms with van der Waals surface area (Å²) in [5.74, 6) is -0.401. The average Bonchev–Trinajstić information content (AvgIpc) is 3.08. The second-order valence-corrected chi connectivity index (χ2v) is 5.75. The third-order valence-corrected chi connectivity index (χ3v) is 3.86. The molecule has 1 heterocycles. The highest BCUT2D eigenvalue weighted by atomic mass is 35.5. The molecule has 0 saturated heterocycles. The van der Waals surface area contributed by atoms with Gasteiger partial charge in [-0.05, 0) is 47.4 Å². The molecule has 7 heteroatoms. The molecule has 3 nitrogen and oxygen atoms in total. The zero-order chi connectivity index (χ0) is 20.0. The van der Waals surface area contributed by atoms with Crippen LogP contribution in [0, 0.1) is 0 Å². The van der Waals surface area contributed by atoms with Crippen LogP contribution >= 0.6 is 11.6 Å². The fourth-order valence-corrected chi connectivity index (χ4v) is 2.64. The minimum absolute atomic E-state index is 0.396. The van der Waals surface area contributed by atoms with Crippen LogP contribution in [-0.4, -0.2) is 10.9 Å². The van der Waals surface area contributed by atoms with E-state index in [2.05, 4.69) is 10.3 Å². The number of anilines is 1. The second-order valence-electron chi connectivity index (χ2n) is 5.34. The number of alkyl halides is 3. The summed E-state index contributed by atoms with van der Waals surface area (Å²) in [5, 5.41) is 3.30. The van der Waals surface area contributed by atoms with E-state index in [1.54, 1.807) is 18.3 Å². The van der Waals surface area contributed by atoms with Gasteiger partial charge in [0.25, 0.3) is 0 Å². The average molecular weight is 395 g/mol. The van der Waals surface area contributed by atoms with Gasteiger partial charge >= 0.3 is 6.18 Å². The standard InChI is InChI=1S/C18H12ClF3N2O.C2H6/c19-15-9-11(1-5-14(15)18(20,21)22)2-6-17(25)24-13-4-3-12-7-8-23-16(12)10-13;1-2/h1-10,23H,(H,24,25);1-2H3/b6-2+;. The van der Waals surface area contributed by atoms with Gasteiger partial charge < -0.3 is 10.3 Å². The summed E-state index contributed by atoms with van der Waals surface area (Å²) in [7, 11) is 0. The van der Waals surface area contributed by atoms with E-state index < -0.39 is 22.7 Å². The number of nitrogens with one attached hydrogen (secondary N) is 2. The van der Waals surface area contributed by atoms with Crippen molar-refractivity contribution in [1.29, 1.82) is 0 Å². The monoisotopic (exact) mass is 394 g/mol. The van der Waals surface area contributed by atoms with Gasteiger partial charge in [0, 0.05) is 23.5 Å². The summed E-state index contributed by atoms with van der Waals surface area (Å²) in [6.07, 6.45) is -0.0793. The van der Waals surface area contributed by atoms with Crippen LogP contribution in [0.5, 0.6) is 0 Å². The Kier molecular flexibility index (Phi) is 6.69. The van der Waals surface area contributed by atoms with Crippen molar-refractivity contribution >= 4 is 40.2 Å². The van der Waals surface area contributed by atoms with Crippen molar-refractivity contribution in [2.45, 2.75) is 20.0 Å². The van der Waals surface area contributed by atoms with E-state index in [1.807, 2.05) is 26.0 Å². The molecule has 1 amide bonds. The third kappa shape index (κ3) is 5.37. The molecular formula is C20H18ClF3N2O. The van der Waals surface area contributed by atoms with Crippen LogP contribution < -0.4 is 5.32 Å². The summed E-state index contributed by atoms with van der Waals surface area (Å²) in [6, 6.07) is 10.6. The molecule has 3 rings (SSSR count). The number of carbonyl (C=O) groups excluding carboxylic acids is 1. The van der Waals surface area contributed by atoms with Crippen LogP contribution in [0.1, 0.15) is 25.0 Å². The predicted molar refractivity (Wildman–Crippen MR) is 104 cm³/mol. The van der Waals surface area contributed by atoms with Crippen LogP contribution in [0.3, 0.4) is 0 Å². The second kappa shape index (κ2) is 8.77. The molecule has 0 aliphatic rings. The van der Waals surface area contributed by atoms with Crippen molar-refractivity contribution < 1.29 is 18.0 Å². The minimum atomic E-state index is -4.51. The molecule has 2 aromatic carbocycles. The molecule has 0 saturated carbocycles. The van der Waals surface area contributed by atoms with Crippen molar-refractivity contribution in [2.24, 2.45) is 0 Å². The van der Waals surface area contributed by atoms with E-state index in [-0.39, 0.29) is 0 Å². The number of rotatable bonds is 3. The molecule has 2 N–H and O–H groups in total. The zero-order valence-electron chi connectivity index (χ0n) is 14.7. The summed E-state index contributed by atoms with van der Waals surface area (Å²) in [5.41, 5.74) is 0.981. The lowest BCUT2D eigenvalue weighted by molar-refractivity contribution is -0.137. The molecule has 0 fully saturated rings. The summed E-state index contributed by atoms with van der Waals surface area (Å²) in [6.45, 7) is 4.00. The molecule has 0 aliphatic heterocycles. The molecule has 0 unspecified atom stereocenters. The minimum Gasteiger partial charge on any atom is -0.361 e. The number of carbonyl (C=O) groups is 1. The van der Waals surface area contributed by atoms with E-state index in [9.17, 15) is 18.0 Å². The number of halogens is 4. The number of aromatic amines is 1. The van der Waals surface area contributed by atoms with Gasteiger partial charge in [0.05, 0.1) is 10.6 Å². The summed E-state index contributed by atoms with van der Waals surface area (Å²) >= 11 is 5.65. The van der Waals surface area contributed by atoms with Gasteiger partial charge in [-0.25, -0.2) is 0 Å². The predicted octanol–water partition coefficient (Wildman–Crippen LogP) is 6.52.